The maximum atomic E-state index is 13.2. The number of fused-ring (bicyclic) bond motifs is 1. The van der Waals surface area contributed by atoms with Crippen molar-refractivity contribution >= 4 is 52.4 Å². The first-order valence-electron chi connectivity index (χ1n) is 12.9. The summed E-state index contributed by atoms with van der Waals surface area (Å²) in [6.45, 7) is 8.35. The summed E-state index contributed by atoms with van der Waals surface area (Å²) in [5.41, 5.74) is 2.57. The van der Waals surface area contributed by atoms with Crippen molar-refractivity contribution in [3.05, 3.63) is 60.8 Å². The first-order chi connectivity index (χ1) is 19.9. The van der Waals surface area contributed by atoms with Gasteiger partial charge in [-0.05, 0) is 45.9 Å². The van der Waals surface area contributed by atoms with Gasteiger partial charge in [0.05, 0.1) is 11.4 Å². The lowest BCUT2D eigenvalue weighted by Crippen LogP contribution is -2.30. The predicted octanol–water partition coefficient (Wildman–Crippen LogP) is 5.17. The minimum Gasteiger partial charge on any atom is -0.466 e. The fraction of sp³-hybridized carbons (Fsp3) is 0.310. The van der Waals surface area contributed by atoms with Crippen LogP contribution in [0.25, 0.3) is 16.6 Å². The molecule has 0 radical (unpaired) electrons. The van der Waals surface area contributed by atoms with Crippen molar-refractivity contribution in [3.8, 4) is 5.88 Å². The number of pyridine rings is 1. The van der Waals surface area contributed by atoms with Crippen LogP contribution in [0, 0.1) is 0 Å². The lowest BCUT2D eigenvalue weighted by Gasteiger charge is -2.25. The number of aliphatic imine (C=N–C) groups is 2. The fourth-order valence-corrected chi connectivity index (χ4v) is 4.02. The van der Waals surface area contributed by atoms with Crippen molar-refractivity contribution in [2.24, 2.45) is 17.0 Å². The molecule has 0 aliphatic carbocycles. The zero-order valence-corrected chi connectivity index (χ0v) is 24.3. The van der Waals surface area contributed by atoms with Crippen molar-refractivity contribution < 1.29 is 22.7 Å². The number of nitrogens with one attached hydrogen (secondary N) is 2. The number of allylic oxidation sites excluding steroid dienone is 1. The van der Waals surface area contributed by atoms with E-state index in [4.69, 9.17) is 4.74 Å². The number of likely N-dealkylation sites (N-methyl/N-ethyl adjacent to an activating group) is 2. The molecule has 42 heavy (non-hydrogen) atoms. The third-order valence-electron chi connectivity index (χ3n) is 6.10. The molecule has 1 aromatic carbocycles. The van der Waals surface area contributed by atoms with Crippen LogP contribution in [0.5, 0.6) is 5.88 Å². The number of carbonyl (C=O) groups is 1. The number of halogens is 3. The number of hydrogen-bond acceptors (Lipinski definition) is 6. The van der Waals surface area contributed by atoms with Crippen LogP contribution in [0.15, 0.2) is 65.2 Å². The number of carbonyl (C=O) groups excluding carboxylic acids is 1. The largest absolute Gasteiger partial charge is 0.466 e. The van der Waals surface area contributed by atoms with Gasteiger partial charge in [-0.1, -0.05) is 30.9 Å². The highest BCUT2D eigenvalue weighted by molar-refractivity contribution is 6.05. The van der Waals surface area contributed by atoms with Crippen LogP contribution in [-0.2, 0) is 11.8 Å². The number of hydrogen-bond donors (Lipinski definition) is 2. The second-order valence-electron chi connectivity index (χ2n) is 9.60. The van der Waals surface area contributed by atoms with Gasteiger partial charge in [0, 0.05) is 49.8 Å². The number of rotatable bonds is 11. The van der Waals surface area contributed by atoms with E-state index in [2.05, 4.69) is 38.9 Å². The molecule has 2 aromatic heterocycles. The summed E-state index contributed by atoms with van der Waals surface area (Å²) in [4.78, 5) is 28.8. The Labute approximate surface area is 242 Å². The van der Waals surface area contributed by atoms with E-state index >= 15 is 0 Å². The molecule has 0 saturated heterocycles. The first-order valence-corrected chi connectivity index (χ1v) is 12.9. The number of aromatic nitrogens is 2. The quantitative estimate of drug-likeness (QED) is 0.183. The average Bonchev–Trinajstić information content (AvgIpc) is 3.28. The van der Waals surface area contributed by atoms with Crippen molar-refractivity contribution in [1.29, 1.82) is 0 Å². The number of aryl methyl sites for hydroxylation is 1. The number of guanidine groups is 1. The van der Waals surface area contributed by atoms with Crippen LogP contribution >= 0.6 is 0 Å². The van der Waals surface area contributed by atoms with Crippen LogP contribution in [0.2, 0.25) is 0 Å². The first kappa shape index (κ1) is 31.9. The van der Waals surface area contributed by atoms with Crippen LogP contribution in [-0.4, -0.2) is 80.1 Å². The van der Waals surface area contributed by atoms with E-state index < -0.39 is 18.7 Å². The van der Waals surface area contributed by atoms with Crippen molar-refractivity contribution in [3.63, 3.8) is 0 Å². The standard InChI is InChI=1S/C29H35F3N8O2/c1-8-21(20-17-40(7)24-13-11-10-12-19(20)24)35-28(33-3)36-23-16-22(34-25(41)9-2)26(39(6)15-14-38(4)5)37-27(23)42-18-29(30,31)32/h8-13,16-17H,2-3,14-15,18H2,1,4-7H3,(H,34,41)(H,35,36)/b21-8-. The molecule has 2 heterocycles. The Bertz CT molecular complexity index is 1510. The Morgan fingerprint density at radius 2 is 1.88 bits per heavy atom. The van der Waals surface area contributed by atoms with Gasteiger partial charge < -0.3 is 29.7 Å². The van der Waals surface area contributed by atoms with E-state index in [0.717, 1.165) is 22.5 Å². The van der Waals surface area contributed by atoms with E-state index in [0.29, 0.717) is 18.8 Å². The van der Waals surface area contributed by atoms with E-state index in [1.165, 1.54) is 6.07 Å². The van der Waals surface area contributed by atoms with Gasteiger partial charge in [0.25, 0.3) is 0 Å². The van der Waals surface area contributed by atoms with Gasteiger partial charge in [0.1, 0.15) is 5.69 Å². The third-order valence-corrected chi connectivity index (χ3v) is 6.10. The molecule has 10 nitrogen and oxygen atoms in total. The molecule has 0 unspecified atom stereocenters. The third kappa shape index (κ3) is 8.19. The summed E-state index contributed by atoms with van der Waals surface area (Å²) in [5, 5.41) is 6.51. The van der Waals surface area contributed by atoms with Crippen molar-refractivity contribution in [2.45, 2.75) is 13.1 Å². The van der Waals surface area contributed by atoms with E-state index in [9.17, 15) is 18.0 Å². The molecule has 0 fully saturated rings. The maximum Gasteiger partial charge on any atom is 0.422 e. The Hall–Kier alpha value is -4.65. The minimum atomic E-state index is -4.62. The Kier molecular flexibility index (Phi) is 10.5. The summed E-state index contributed by atoms with van der Waals surface area (Å²) in [7, 11) is 7.39. The number of nitrogens with zero attached hydrogens (tertiary/aromatic N) is 6. The van der Waals surface area contributed by atoms with Crippen molar-refractivity contribution in [2.75, 3.05) is 56.4 Å². The van der Waals surface area contributed by atoms with Crippen LogP contribution in [0.3, 0.4) is 0 Å². The fourth-order valence-electron chi connectivity index (χ4n) is 4.02. The molecule has 0 spiro atoms. The normalized spacial score (nSPS) is 12.4. The summed E-state index contributed by atoms with van der Waals surface area (Å²) in [5.74, 6) is -0.717. The Balaban J connectivity index is 2.10. The van der Waals surface area contributed by atoms with Crippen molar-refractivity contribution in [1.82, 2.24) is 14.5 Å². The highest BCUT2D eigenvalue weighted by Gasteiger charge is 2.30. The molecule has 0 bridgehead atoms. The summed E-state index contributed by atoms with van der Waals surface area (Å²) >= 11 is 0. The van der Waals surface area contributed by atoms with Gasteiger partial charge in [0.2, 0.25) is 17.7 Å². The lowest BCUT2D eigenvalue weighted by atomic mass is 10.1. The smallest absolute Gasteiger partial charge is 0.422 e. The van der Waals surface area contributed by atoms with E-state index in [-0.39, 0.29) is 29.0 Å². The summed E-state index contributed by atoms with van der Waals surface area (Å²) in [6.07, 6.45) is 0.161. The topological polar surface area (TPSA) is 99.4 Å². The number of alkyl halides is 3. The van der Waals surface area contributed by atoms with Crippen LogP contribution in [0.1, 0.15) is 12.5 Å². The van der Waals surface area contributed by atoms with Crippen LogP contribution in [0.4, 0.5) is 30.4 Å². The summed E-state index contributed by atoms with van der Waals surface area (Å²) in [6, 6.07) is 9.20. The SMILES string of the molecule is C=CC(=O)Nc1cc(NC(N=C)=N/C(=C\C)c2cn(C)c3ccccc23)c(OCC(F)(F)F)nc1N(C)CCN(C)C. The number of anilines is 3. The van der Waals surface area contributed by atoms with Gasteiger partial charge in [-0.3, -0.25) is 4.79 Å². The molecule has 13 heteroatoms. The van der Waals surface area contributed by atoms with Gasteiger partial charge >= 0.3 is 6.18 Å². The molecule has 0 saturated carbocycles. The van der Waals surface area contributed by atoms with Gasteiger partial charge in [-0.2, -0.15) is 18.2 Å². The molecular weight excluding hydrogens is 549 g/mol. The molecule has 0 aliphatic rings. The number of amides is 1. The molecule has 224 valence electrons. The molecular formula is C29H35F3N8O2. The number of para-hydroxylation sites is 1. The molecule has 3 rings (SSSR count). The van der Waals surface area contributed by atoms with Gasteiger partial charge in [-0.25, -0.2) is 9.98 Å². The molecule has 0 atom stereocenters. The lowest BCUT2D eigenvalue weighted by molar-refractivity contribution is -0.153. The van der Waals surface area contributed by atoms with Gasteiger partial charge in [0.15, 0.2) is 12.4 Å². The predicted molar refractivity (Wildman–Crippen MR) is 164 cm³/mol. The molecule has 1 amide bonds. The van der Waals surface area contributed by atoms with E-state index in [1.807, 2.05) is 68.0 Å². The monoisotopic (exact) mass is 584 g/mol. The highest BCUT2D eigenvalue weighted by Crippen LogP contribution is 2.35. The second-order valence-corrected chi connectivity index (χ2v) is 9.60. The Morgan fingerprint density at radius 3 is 2.50 bits per heavy atom. The average molecular weight is 585 g/mol. The number of ether oxygens (including phenoxy) is 1. The molecule has 2 N–H and O–H groups in total. The molecule has 0 aliphatic heterocycles. The number of benzene rings is 1. The Morgan fingerprint density at radius 1 is 1.17 bits per heavy atom. The van der Waals surface area contributed by atoms with Gasteiger partial charge in [-0.15, -0.1) is 0 Å². The molecule has 3 aromatic rings. The zero-order valence-electron chi connectivity index (χ0n) is 24.3. The van der Waals surface area contributed by atoms with E-state index in [1.54, 1.807) is 18.0 Å². The second kappa shape index (κ2) is 13.8. The van der Waals surface area contributed by atoms with Crippen LogP contribution < -0.4 is 20.3 Å². The highest BCUT2D eigenvalue weighted by atomic mass is 19.4. The maximum absolute atomic E-state index is 13.2. The minimum absolute atomic E-state index is 0.0112. The summed E-state index contributed by atoms with van der Waals surface area (Å²) < 4.78 is 46.6. The zero-order chi connectivity index (χ0) is 31.0.